The summed E-state index contributed by atoms with van der Waals surface area (Å²) in [5, 5.41) is 95.8. The molecule has 1 unspecified atom stereocenters. The average molecular weight is 1500 g/mol. The van der Waals surface area contributed by atoms with Crippen molar-refractivity contribution in [1.29, 1.82) is 0 Å². The summed E-state index contributed by atoms with van der Waals surface area (Å²) >= 11 is 1.80. The Morgan fingerprint density at radius 2 is 0.821 bits per heavy atom. The molecule has 1 atom stereocenters. The number of ether oxygens (including phenoxy) is 1. The Balaban J connectivity index is 0.00000127. The fourth-order valence-corrected chi connectivity index (χ4v) is 10.1. The van der Waals surface area contributed by atoms with Gasteiger partial charge in [-0.2, -0.15) is 11.8 Å². The number of aryl methyl sites for hydroxylation is 2. The van der Waals surface area contributed by atoms with Crippen molar-refractivity contribution >= 4 is 34.5 Å². The van der Waals surface area contributed by atoms with Crippen molar-refractivity contribution < 1.29 is 45.6 Å². The molecule has 25 nitrogen and oxygen atoms in total. The number of phenols is 2. The van der Waals surface area contributed by atoms with E-state index in [9.17, 15) is 10.2 Å². The molecule has 1 aliphatic rings. The molecule has 0 radical (unpaired) electrons. The molecule has 0 aromatic heterocycles. The topological polar surface area (TPSA) is 489 Å². The van der Waals surface area contributed by atoms with Gasteiger partial charge in [0.1, 0.15) is 23.0 Å². The monoisotopic (exact) mass is 1500 g/mol. The lowest BCUT2D eigenvalue weighted by atomic mass is 10.0. The quantitative estimate of drug-likeness (QED) is 0.0164. The second-order valence-corrected chi connectivity index (χ2v) is 27.4. The van der Waals surface area contributed by atoms with Crippen molar-refractivity contribution in [3.63, 3.8) is 0 Å². The number of hydrogen-bond donors (Lipinski definition) is 24. The first-order chi connectivity index (χ1) is 51.3. The molecule has 0 spiro atoms. The summed E-state index contributed by atoms with van der Waals surface area (Å²) in [4.78, 5) is 0. The SMILES string of the molecule is CC(C)NCCN.CNCCCN.NC1CCNC1.NCCSCCN.Nc1ccc(CCc2ccc(N)cc2)cc1.Nc1ccc(Oc2ccc(N)cc2)cc1.OCC(CO)(CO)NCCCNC(CO)(CO)CO.Oc1ccccc1CNCCCCCCCCCCCCNCc1ccccc1O. The molecule has 6 aromatic carbocycles. The van der Waals surface area contributed by atoms with Gasteiger partial charge >= 0.3 is 0 Å². The van der Waals surface area contributed by atoms with Crippen molar-refractivity contribution in [2.24, 2.45) is 28.7 Å². The van der Waals surface area contributed by atoms with E-state index in [0.29, 0.717) is 43.1 Å². The maximum atomic E-state index is 9.73. The number of nitrogen functional groups attached to an aromatic ring is 4. The maximum absolute atomic E-state index is 9.73. The number of rotatable bonds is 44. The normalized spacial score (nSPS) is 12.2. The first-order valence-electron chi connectivity index (χ1n) is 37.7. The van der Waals surface area contributed by atoms with Crippen molar-refractivity contribution in [1.82, 2.24) is 37.2 Å². The van der Waals surface area contributed by atoms with Crippen molar-refractivity contribution in [2.45, 2.75) is 146 Å². The Morgan fingerprint density at radius 1 is 0.453 bits per heavy atom. The van der Waals surface area contributed by atoms with Crippen LogP contribution in [0.1, 0.15) is 120 Å². The van der Waals surface area contributed by atoms with E-state index in [-0.39, 0.29) is 39.6 Å². The molecule has 1 saturated heterocycles. The van der Waals surface area contributed by atoms with Gasteiger partial charge in [-0.1, -0.05) is 126 Å². The standard InChI is InChI=1S/C26H40N2O2.C14H16N2.C12H12N2O.C11H26N2O6.C5H14N2.C4H12N2S.C4H10N2.C4H12N2/c29-25-17-11-9-15-23(25)21-27-19-13-7-5-3-1-2-4-6-8-14-20-28-22-24-16-10-12-18-26(24)30;15-13-7-3-11(4-8-13)1-2-12-5-9-14(16)10-6-12;13-9-1-5-11(6-2-9)15-12-7-3-10(14)4-8-12;14-4-10(5-15,6-16)12-2-1-3-13-11(7-17,8-18)9-19;1-5(2)7-4-3-6;5-1-3-7-4-2-6;5-4-1-2-6-3-4;1-6-4-2-3-5/h9-12,15-18,27-30H,1-8,13-14,19-22H2;3-10H,1-2,15-16H2;1-8H,13-14H2;12-19H,1-9H2;5,7H,3-4,6H2,1-2H3;1-6H2;4,6H,1-3,5H2;6H,2-5H2,1H3. The molecule has 1 fully saturated rings. The number of benzene rings is 6. The minimum atomic E-state index is -1.11. The number of aromatic hydroxyl groups is 2. The van der Waals surface area contributed by atoms with Gasteiger partial charge in [-0.05, 0) is 194 Å². The highest BCUT2D eigenvalue weighted by Crippen LogP contribution is 2.23. The third-order valence-corrected chi connectivity index (χ3v) is 17.4. The van der Waals surface area contributed by atoms with E-state index >= 15 is 0 Å². The molecule has 6 aromatic rings. The number of anilines is 4. The summed E-state index contributed by atoms with van der Waals surface area (Å²) in [6.45, 7) is 13.4. The number of hydrogen-bond acceptors (Lipinski definition) is 26. The Kier molecular flexibility index (Phi) is 63.7. The summed E-state index contributed by atoms with van der Waals surface area (Å²) in [6, 6.07) is 46.6. The van der Waals surface area contributed by atoms with Crippen LogP contribution >= 0.6 is 11.8 Å². The predicted molar refractivity (Wildman–Crippen MR) is 446 cm³/mol. The number of thioether (sulfide) groups is 1. The predicted octanol–water partition coefficient (Wildman–Crippen LogP) is 5.59. The Bertz CT molecular complexity index is 2690. The molecular formula is C80H142N16O9S. The summed E-state index contributed by atoms with van der Waals surface area (Å²) in [7, 11) is 1.93. The number of nitrogens with two attached hydrogens (primary N) is 9. The van der Waals surface area contributed by atoms with E-state index in [0.717, 1.165) is 161 Å². The third-order valence-electron chi connectivity index (χ3n) is 16.3. The van der Waals surface area contributed by atoms with Crippen LogP contribution in [-0.2, 0) is 25.9 Å². The lowest BCUT2D eigenvalue weighted by molar-refractivity contribution is 0.0378. The molecule has 602 valence electrons. The van der Waals surface area contributed by atoms with E-state index in [4.69, 9.17) is 87.0 Å². The van der Waals surface area contributed by atoms with Crippen LogP contribution in [0, 0.1) is 0 Å². The van der Waals surface area contributed by atoms with Crippen LogP contribution in [0.3, 0.4) is 0 Å². The summed E-state index contributed by atoms with van der Waals surface area (Å²) in [5.74, 6) is 4.36. The van der Waals surface area contributed by atoms with Crippen LogP contribution in [0.5, 0.6) is 23.0 Å². The zero-order chi connectivity index (χ0) is 78.6. The highest BCUT2D eigenvalue weighted by Gasteiger charge is 2.28. The Labute approximate surface area is 639 Å². The molecule has 26 heteroatoms. The van der Waals surface area contributed by atoms with Gasteiger partial charge in [-0.15, -0.1) is 0 Å². The lowest BCUT2D eigenvalue weighted by Gasteiger charge is -2.30. The number of aliphatic hydroxyl groups is 6. The van der Waals surface area contributed by atoms with Gasteiger partial charge in [0.2, 0.25) is 0 Å². The van der Waals surface area contributed by atoms with Crippen LogP contribution in [0.4, 0.5) is 22.7 Å². The van der Waals surface area contributed by atoms with Crippen LogP contribution in [0.25, 0.3) is 0 Å². The molecule has 7 rings (SSSR count). The fraction of sp³-hybridized carbons (Fsp3) is 0.550. The van der Waals surface area contributed by atoms with Crippen LogP contribution in [-0.4, -0.2) is 201 Å². The first-order valence-corrected chi connectivity index (χ1v) is 38.9. The minimum Gasteiger partial charge on any atom is -0.508 e. The van der Waals surface area contributed by atoms with Gasteiger partial charge in [0.25, 0.3) is 0 Å². The number of para-hydroxylation sites is 2. The first kappa shape index (κ1) is 99.6. The van der Waals surface area contributed by atoms with Crippen molar-refractivity contribution in [3.8, 4) is 23.0 Å². The van der Waals surface area contributed by atoms with Gasteiger partial charge in [0, 0.05) is 103 Å². The van der Waals surface area contributed by atoms with Gasteiger partial charge in [0.15, 0.2) is 0 Å². The summed E-state index contributed by atoms with van der Waals surface area (Å²) in [6.07, 6.45) is 17.9. The largest absolute Gasteiger partial charge is 0.508 e. The van der Waals surface area contributed by atoms with Crippen LogP contribution < -0.4 is 93.6 Å². The number of phenolic OH excluding ortho intramolecular Hbond substituents is 2. The van der Waals surface area contributed by atoms with E-state index in [1.165, 1.54) is 75.3 Å². The van der Waals surface area contributed by atoms with E-state index in [1.807, 2.05) is 92.0 Å². The fourth-order valence-electron chi connectivity index (χ4n) is 9.57. The third kappa shape index (κ3) is 54.2. The lowest BCUT2D eigenvalue weighted by Crippen LogP contribution is -2.57. The number of nitrogens with one attached hydrogen (secondary N) is 7. The molecule has 106 heavy (non-hydrogen) atoms. The summed E-state index contributed by atoms with van der Waals surface area (Å²) < 4.78 is 5.58. The smallest absolute Gasteiger partial charge is 0.127 e. The average Bonchev–Trinajstić information content (AvgIpc) is 1.41. The highest BCUT2D eigenvalue weighted by atomic mass is 32.2. The van der Waals surface area contributed by atoms with Gasteiger partial charge in [-0.25, -0.2) is 0 Å². The summed E-state index contributed by atoms with van der Waals surface area (Å²) in [5.41, 5.74) is 54.1. The zero-order valence-electron chi connectivity index (χ0n) is 64.3. The molecule has 0 amide bonds. The highest BCUT2D eigenvalue weighted by molar-refractivity contribution is 7.99. The van der Waals surface area contributed by atoms with E-state index in [1.54, 1.807) is 48.2 Å². The molecule has 1 aliphatic heterocycles. The molecule has 33 N–H and O–H groups in total. The zero-order valence-corrected chi connectivity index (χ0v) is 65.1. The molecule has 0 bridgehead atoms. The van der Waals surface area contributed by atoms with Crippen LogP contribution in [0.2, 0.25) is 0 Å². The van der Waals surface area contributed by atoms with Gasteiger partial charge in [0.05, 0.1) is 50.7 Å². The number of aliphatic hydroxyl groups excluding tert-OH is 6. The number of unbranched alkanes of at least 4 members (excludes halogenated alkanes) is 9. The minimum absolute atomic E-state index is 0.383. The Morgan fingerprint density at radius 3 is 1.09 bits per heavy atom. The van der Waals surface area contributed by atoms with Crippen molar-refractivity contribution in [2.75, 3.05) is 160 Å². The second-order valence-electron chi connectivity index (χ2n) is 26.2. The van der Waals surface area contributed by atoms with Gasteiger partial charge in [-0.3, -0.25) is 0 Å². The second kappa shape index (κ2) is 67.9. The van der Waals surface area contributed by atoms with Crippen LogP contribution in [0.15, 0.2) is 146 Å². The molecule has 0 aliphatic carbocycles. The van der Waals surface area contributed by atoms with E-state index < -0.39 is 11.1 Å². The Hall–Kier alpha value is -6.45. The molecule has 1 heterocycles. The van der Waals surface area contributed by atoms with Gasteiger partial charge < -0.3 is 134 Å². The maximum Gasteiger partial charge on any atom is 0.127 e. The molecular weight excluding hydrogens is 1360 g/mol. The van der Waals surface area contributed by atoms with Crippen molar-refractivity contribution in [3.05, 3.63) is 168 Å². The molecule has 0 saturated carbocycles. The van der Waals surface area contributed by atoms with E-state index in [2.05, 4.69) is 75.3 Å².